The summed E-state index contributed by atoms with van der Waals surface area (Å²) < 4.78 is 1.94. The highest BCUT2D eigenvalue weighted by atomic mass is 16.4. The summed E-state index contributed by atoms with van der Waals surface area (Å²) in [5.41, 5.74) is 2.74. The van der Waals surface area contributed by atoms with Crippen molar-refractivity contribution in [3.05, 3.63) is 48.8 Å². The van der Waals surface area contributed by atoms with Gasteiger partial charge in [-0.3, -0.25) is 9.78 Å². The second-order valence-corrected chi connectivity index (χ2v) is 4.46. The van der Waals surface area contributed by atoms with Crippen LogP contribution in [0.2, 0.25) is 0 Å². The second kappa shape index (κ2) is 5.13. The van der Waals surface area contributed by atoms with Crippen LogP contribution in [-0.2, 0) is 11.3 Å². The maximum atomic E-state index is 10.8. The lowest BCUT2D eigenvalue weighted by atomic mass is 10.2. The van der Waals surface area contributed by atoms with Gasteiger partial charge in [-0.05, 0) is 24.3 Å². The summed E-state index contributed by atoms with van der Waals surface area (Å²) in [6.45, 7) is 0.396. The van der Waals surface area contributed by atoms with Gasteiger partial charge in [0.25, 0.3) is 0 Å². The van der Waals surface area contributed by atoms with Crippen molar-refractivity contribution < 1.29 is 9.90 Å². The van der Waals surface area contributed by atoms with Crippen LogP contribution in [0.1, 0.15) is 6.42 Å². The van der Waals surface area contributed by atoms with E-state index in [-0.39, 0.29) is 6.42 Å². The zero-order valence-corrected chi connectivity index (χ0v) is 10.7. The first-order chi connectivity index (χ1) is 9.75. The minimum Gasteiger partial charge on any atom is -0.481 e. The predicted molar refractivity (Wildman–Crippen MR) is 75.2 cm³/mol. The zero-order chi connectivity index (χ0) is 13.9. The molecule has 0 aliphatic rings. The van der Waals surface area contributed by atoms with Crippen molar-refractivity contribution in [2.24, 2.45) is 0 Å². The van der Waals surface area contributed by atoms with E-state index in [2.05, 4.69) is 9.97 Å². The highest BCUT2D eigenvalue weighted by Gasteiger charge is 2.12. The van der Waals surface area contributed by atoms with Crippen LogP contribution in [0.5, 0.6) is 0 Å². The Balaban J connectivity index is 2.15. The van der Waals surface area contributed by atoms with Crippen LogP contribution in [0.15, 0.2) is 48.8 Å². The number of hydrogen-bond donors (Lipinski definition) is 1. The van der Waals surface area contributed by atoms with Gasteiger partial charge in [-0.25, -0.2) is 4.98 Å². The van der Waals surface area contributed by atoms with Crippen LogP contribution >= 0.6 is 0 Å². The van der Waals surface area contributed by atoms with Crippen molar-refractivity contribution in [2.75, 3.05) is 0 Å². The van der Waals surface area contributed by atoms with Gasteiger partial charge >= 0.3 is 5.97 Å². The number of fused-ring (bicyclic) bond motifs is 1. The molecule has 20 heavy (non-hydrogen) atoms. The van der Waals surface area contributed by atoms with E-state index >= 15 is 0 Å². The molecule has 1 aromatic carbocycles. The number of pyridine rings is 1. The van der Waals surface area contributed by atoms with Gasteiger partial charge in [0, 0.05) is 24.5 Å². The fraction of sp³-hybridized carbons (Fsp3) is 0.133. The molecule has 3 rings (SSSR count). The largest absolute Gasteiger partial charge is 0.481 e. The number of aryl methyl sites for hydroxylation is 1. The lowest BCUT2D eigenvalue weighted by Gasteiger charge is -2.07. The molecule has 2 aromatic heterocycles. The molecule has 0 aliphatic heterocycles. The van der Waals surface area contributed by atoms with Gasteiger partial charge in [-0.15, -0.1) is 0 Å². The van der Waals surface area contributed by atoms with E-state index in [0.29, 0.717) is 6.54 Å². The van der Waals surface area contributed by atoms with Crippen LogP contribution < -0.4 is 0 Å². The Morgan fingerprint density at radius 1 is 1.15 bits per heavy atom. The first-order valence-corrected chi connectivity index (χ1v) is 6.33. The summed E-state index contributed by atoms with van der Waals surface area (Å²) in [4.78, 5) is 19.4. The molecular formula is C15H13N3O2. The standard InChI is InChI=1S/C15H13N3O2/c19-14(20)7-10-18-13-4-2-1-3-12(13)17-15(18)11-5-8-16-9-6-11/h1-6,8-9H,7,10H2,(H,19,20). The number of nitrogens with zero attached hydrogens (tertiary/aromatic N) is 3. The predicted octanol–water partition coefficient (Wildman–Crippen LogP) is 2.57. The number of carboxylic acid groups (broad SMARTS) is 1. The molecule has 0 aliphatic carbocycles. The molecule has 0 amide bonds. The van der Waals surface area contributed by atoms with Gasteiger partial charge in [0.15, 0.2) is 0 Å². The van der Waals surface area contributed by atoms with Crippen molar-refractivity contribution in [1.82, 2.24) is 14.5 Å². The van der Waals surface area contributed by atoms with Crippen LogP contribution in [-0.4, -0.2) is 25.6 Å². The molecule has 3 aromatic rings. The molecule has 0 saturated heterocycles. The number of rotatable bonds is 4. The fourth-order valence-corrected chi connectivity index (χ4v) is 2.23. The maximum absolute atomic E-state index is 10.8. The van der Waals surface area contributed by atoms with E-state index in [1.54, 1.807) is 12.4 Å². The maximum Gasteiger partial charge on any atom is 0.305 e. The lowest BCUT2D eigenvalue weighted by Crippen LogP contribution is -2.06. The third kappa shape index (κ3) is 2.25. The Hall–Kier alpha value is -2.69. The van der Waals surface area contributed by atoms with Crippen molar-refractivity contribution in [3.63, 3.8) is 0 Å². The van der Waals surface area contributed by atoms with E-state index in [1.807, 2.05) is 41.0 Å². The van der Waals surface area contributed by atoms with Crippen LogP contribution in [0.25, 0.3) is 22.4 Å². The molecule has 0 spiro atoms. The number of benzene rings is 1. The number of hydrogen-bond acceptors (Lipinski definition) is 3. The number of para-hydroxylation sites is 2. The molecular weight excluding hydrogens is 254 g/mol. The first-order valence-electron chi connectivity index (χ1n) is 6.33. The summed E-state index contributed by atoms with van der Waals surface area (Å²) in [5, 5.41) is 8.90. The molecule has 0 atom stereocenters. The average molecular weight is 267 g/mol. The minimum absolute atomic E-state index is 0.0679. The molecule has 0 unspecified atom stereocenters. The number of carbonyl (C=O) groups is 1. The number of aromatic nitrogens is 3. The Labute approximate surface area is 115 Å². The molecule has 100 valence electrons. The monoisotopic (exact) mass is 267 g/mol. The van der Waals surface area contributed by atoms with E-state index in [4.69, 9.17) is 5.11 Å². The van der Waals surface area contributed by atoms with Crippen molar-refractivity contribution in [1.29, 1.82) is 0 Å². The fourth-order valence-electron chi connectivity index (χ4n) is 2.23. The average Bonchev–Trinajstić information content (AvgIpc) is 2.84. The Bertz CT molecular complexity index is 750. The van der Waals surface area contributed by atoms with Crippen molar-refractivity contribution in [2.45, 2.75) is 13.0 Å². The van der Waals surface area contributed by atoms with Gasteiger partial charge in [0.1, 0.15) is 5.82 Å². The quantitative estimate of drug-likeness (QED) is 0.788. The van der Waals surface area contributed by atoms with E-state index in [1.165, 1.54) is 0 Å². The molecule has 5 heteroatoms. The number of carboxylic acids is 1. The van der Waals surface area contributed by atoms with E-state index in [0.717, 1.165) is 22.4 Å². The van der Waals surface area contributed by atoms with Gasteiger partial charge in [0.2, 0.25) is 0 Å². The third-order valence-electron chi connectivity index (χ3n) is 3.14. The van der Waals surface area contributed by atoms with E-state index < -0.39 is 5.97 Å². The highest BCUT2D eigenvalue weighted by molar-refractivity contribution is 5.80. The zero-order valence-electron chi connectivity index (χ0n) is 10.7. The van der Waals surface area contributed by atoms with E-state index in [9.17, 15) is 4.79 Å². The van der Waals surface area contributed by atoms with Gasteiger partial charge in [-0.1, -0.05) is 12.1 Å². The molecule has 0 fully saturated rings. The van der Waals surface area contributed by atoms with Crippen LogP contribution in [0.4, 0.5) is 0 Å². The molecule has 1 N–H and O–H groups in total. The van der Waals surface area contributed by atoms with Crippen LogP contribution in [0.3, 0.4) is 0 Å². The molecule has 2 heterocycles. The summed E-state index contributed by atoms with van der Waals surface area (Å²) in [5.74, 6) is -0.0432. The molecule has 5 nitrogen and oxygen atoms in total. The Kier molecular flexibility index (Phi) is 3.16. The van der Waals surface area contributed by atoms with Crippen molar-refractivity contribution in [3.8, 4) is 11.4 Å². The normalized spacial score (nSPS) is 10.8. The summed E-state index contributed by atoms with van der Waals surface area (Å²) in [6, 6.07) is 11.5. The minimum atomic E-state index is -0.816. The summed E-state index contributed by atoms with van der Waals surface area (Å²) in [6.07, 6.45) is 3.48. The summed E-state index contributed by atoms with van der Waals surface area (Å²) >= 11 is 0. The number of aliphatic carboxylic acids is 1. The van der Waals surface area contributed by atoms with Crippen LogP contribution in [0, 0.1) is 0 Å². The van der Waals surface area contributed by atoms with Gasteiger partial charge in [0.05, 0.1) is 17.5 Å². The Morgan fingerprint density at radius 3 is 2.65 bits per heavy atom. The smallest absolute Gasteiger partial charge is 0.305 e. The highest BCUT2D eigenvalue weighted by Crippen LogP contribution is 2.24. The SMILES string of the molecule is O=C(O)CCn1c(-c2ccncc2)nc2ccccc21. The lowest BCUT2D eigenvalue weighted by molar-refractivity contribution is -0.137. The molecule has 0 saturated carbocycles. The second-order valence-electron chi connectivity index (χ2n) is 4.46. The van der Waals surface area contributed by atoms with Crippen molar-refractivity contribution >= 4 is 17.0 Å². The number of imidazole rings is 1. The molecule has 0 bridgehead atoms. The topological polar surface area (TPSA) is 68.0 Å². The van der Waals surface area contributed by atoms with Gasteiger partial charge < -0.3 is 9.67 Å². The molecule has 0 radical (unpaired) electrons. The Morgan fingerprint density at radius 2 is 1.90 bits per heavy atom. The third-order valence-corrected chi connectivity index (χ3v) is 3.14. The first kappa shape index (κ1) is 12.3. The van der Waals surface area contributed by atoms with Gasteiger partial charge in [-0.2, -0.15) is 0 Å². The summed E-state index contributed by atoms with van der Waals surface area (Å²) in [7, 11) is 0.